The highest BCUT2D eigenvalue weighted by Gasteiger charge is 2.12. The van der Waals surface area contributed by atoms with Crippen molar-refractivity contribution < 1.29 is 23.7 Å². The maximum atomic E-state index is 5.77. The summed E-state index contributed by atoms with van der Waals surface area (Å²) in [5.74, 6) is 0. The summed E-state index contributed by atoms with van der Waals surface area (Å²) in [4.78, 5) is 0. The third-order valence-corrected chi connectivity index (χ3v) is 6.88. The van der Waals surface area contributed by atoms with Crippen LogP contribution in [0.2, 0.25) is 0 Å². The monoisotopic (exact) mass is 549 g/mol. The number of nitrogens with one attached hydrogen (secondary N) is 1. The van der Waals surface area contributed by atoms with Gasteiger partial charge in [0.25, 0.3) is 0 Å². The quantitative estimate of drug-likeness (QED) is 0.0979. The predicted octanol–water partition coefficient (Wildman–Crippen LogP) is 7.29. The summed E-state index contributed by atoms with van der Waals surface area (Å²) in [6.07, 6.45) is 2.05. The minimum atomic E-state index is 0.193. The van der Waals surface area contributed by atoms with Crippen LogP contribution in [-0.2, 0) is 23.7 Å². The maximum Gasteiger partial charge on any atom is 0.0701 e. The van der Waals surface area contributed by atoms with Gasteiger partial charge in [-0.1, -0.05) is 69.3 Å². The first-order valence-electron chi connectivity index (χ1n) is 14.7. The molecule has 0 aliphatic rings. The molecule has 0 radical (unpaired) electrons. The molecule has 4 rings (SSSR count). The van der Waals surface area contributed by atoms with Crippen LogP contribution in [0.25, 0.3) is 32.3 Å². The first-order chi connectivity index (χ1) is 19.4. The smallest absolute Gasteiger partial charge is 0.0701 e. The van der Waals surface area contributed by atoms with E-state index in [1.54, 1.807) is 0 Å². The van der Waals surface area contributed by atoms with Gasteiger partial charge in [0, 0.05) is 23.7 Å². The van der Waals surface area contributed by atoms with Crippen molar-refractivity contribution in [2.24, 2.45) is 5.41 Å². The zero-order valence-corrected chi connectivity index (χ0v) is 24.8. The zero-order chi connectivity index (χ0) is 28.2. The number of hydrogen-bond acceptors (Lipinski definition) is 6. The van der Waals surface area contributed by atoms with E-state index in [-0.39, 0.29) is 5.41 Å². The Labute approximate surface area is 239 Å². The van der Waals surface area contributed by atoms with Crippen LogP contribution < -0.4 is 5.32 Å². The molecule has 0 aliphatic carbocycles. The largest absolute Gasteiger partial charge is 0.382 e. The lowest BCUT2D eigenvalue weighted by Gasteiger charge is -2.19. The fourth-order valence-corrected chi connectivity index (χ4v) is 4.95. The summed E-state index contributed by atoms with van der Waals surface area (Å²) in [5, 5.41) is 11.6. The molecule has 40 heavy (non-hydrogen) atoms. The Morgan fingerprint density at radius 2 is 1.10 bits per heavy atom. The summed E-state index contributed by atoms with van der Waals surface area (Å²) in [7, 11) is 0. The van der Waals surface area contributed by atoms with Crippen molar-refractivity contribution in [1.29, 1.82) is 0 Å². The number of rotatable bonds is 19. The van der Waals surface area contributed by atoms with Gasteiger partial charge in [-0.2, -0.15) is 0 Å². The third-order valence-electron chi connectivity index (χ3n) is 6.88. The molecule has 0 saturated carbocycles. The molecule has 0 fully saturated rings. The molecular weight excluding hydrogens is 502 g/mol. The lowest BCUT2D eigenvalue weighted by Crippen LogP contribution is -2.18. The molecule has 1 atom stereocenters. The Balaban J connectivity index is 1.02. The van der Waals surface area contributed by atoms with E-state index in [4.69, 9.17) is 23.7 Å². The van der Waals surface area contributed by atoms with Crippen molar-refractivity contribution in [2.45, 2.75) is 46.6 Å². The second kappa shape index (κ2) is 15.5. The standard InChI is InChI=1S/C34H47NO5/c1-26(7-6-16-36-17-18-37-19-20-38-21-22-39-23-24-40-25-34(2,3)4)35-31-15-13-29-11-10-27-8-5-9-28-12-14-30(31)33(29)32(27)28/h5,8-15,26,35H,6-7,16-25H2,1-4H3. The molecule has 0 aliphatic heterocycles. The van der Waals surface area contributed by atoms with Crippen molar-refractivity contribution >= 4 is 38.0 Å². The van der Waals surface area contributed by atoms with E-state index in [1.165, 1.54) is 38.0 Å². The van der Waals surface area contributed by atoms with Crippen LogP contribution >= 0.6 is 0 Å². The van der Waals surface area contributed by atoms with Crippen molar-refractivity contribution in [3.05, 3.63) is 54.6 Å². The van der Waals surface area contributed by atoms with Gasteiger partial charge >= 0.3 is 0 Å². The fraction of sp³-hybridized carbons (Fsp3) is 0.529. The van der Waals surface area contributed by atoms with Crippen molar-refractivity contribution in [3.8, 4) is 0 Å². The lowest BCUT2D eigenvalue weighted by atomic mass is 9.93. The molecule has 1 unspecified atom stereocenters. The summed E-state index contributed by atoms with van der Waals surface area (Å²) >= 11 is 0. The van der Waals surface area contributed by atoms with Crippen LogP contribution in [0, 0.1) is 5.41 Å². The van der Waals surface area contributed by atoms with Gasteiger partial charge in [-0.05, 0) is 58.2 Å². The fourth-order valence-electron chi connectivity index (χ4n) is 4.95. The number of anilines is 1. The molecule has 0 bridgehead atoms. The minimum absolute atomic E-state index is 0.193. The normalized spacial score (nSPS) is 13.1. The van der Waals surface area contributed by atoms with E-state index >= 15 is 0 Å². The molecule has 0 aromatic heterocycles. The topological polar surface area (TPSA) is 58.2 Å². The van der Waals surface area contributed by atoms with Crippen molar-refractivity contribution in [2.75, 3.05) is 71.4 Å². The summed E-state index contributed by atoms with van der Waals surface area (Å²) < 4.78 is 28.0. The molecule has 4 aromatic rings. The van der Waals surface area contributed by atoms with E-state index in [0.717, 1.165) is 26.1 Å². The molecular formula is C34H47NO5. The average molecular weight is 550 g/mol. The van der Waals surface area contributed by atoms with Gasteiger partial charge < -0.3 is 29.0 Å². The van der Waals surface area contributed by atoms with Crippen LogP contribution in [0.4, 0.5) is 5.69 Å². The van der Waals surface area contributed by atoms with Gasteiger partial charge in [0.1, 0.15) is 0 Å². The second-order valence-electron chi connectivity index (χ2n) is 11.7. The van der Waals surface area contributed by atoms with E-state index in [2.05, 4.69) is 87.6 Å². The molecule has 4 aromatic carbocycles. The zero-order valence-electron chi connectivity index (χ0n) is 24.8. The van der Waals surface area contributed by atoms with Crippen LogP contribution in [-0.4, -0.2) is 72.1 Å². The van der Waals surface area contributed by atoms with Gasteiger partial charge in [0.2, 0.25) is 0 Å². The van der Waals surface area contributed by atoms with Crippen LogP contribution in [0.1, 0.15) is 40.5 Å². The number of hydrogen-bond donors (Lipinski definition) is 1. The van der Waals surface area contributed by atoms with Gasteiger partial charge in [-0.15, -0.1) is 0 Å². The second-order valence-corrected chi connectivity index (χ2v) is 11.7. The highest BCUT2D eigenvalue weighted by molar-refractivity contribution is 6.25. The number of benzene rings is 4. The maximum absolute atomic E-state index is 5.77. The van der Waals surface area contributed by atoms with Crippen LogP contribution in [0.5, 0.6) is 0 Å². The Morgan fingerprint density at radius 1 is 0.600 bits per heavy atom. The van der Waals surface area contributed by atoms with Gasteiger partial charge in [0.15, 0.2) is 0 Å². The van der Waals surface area contributed by atoms with E-state index in [0.29, 0.717) is 58.9 Å². The highest BCUT2D eigenvalue weighted by Crippen LogP contribution is 2.37. The van der Waals surface area contributed by atoms with E-state index in [9.17, 15) is 0 Å². The summed E-state index contributed by atoms with van der Waals surface area (Å²) in [5.41, 5.74) is 1.39. The van der Waals surface area contributed by atoms with Crippen molar-refractivity contribution in [3.63, 3.8) is 0 Å². The Kier molecular flexibility index (Phi) is 11.8. The first-order valence-corrected chi connectivity index (χ1v) is 14.7. The molecule has 6 heteroatoms. The van der Waals surface area contributed by atoms with Gasteiger partial charge in [-0.25, -0.2) is 0 Å². The minimum Gasteiger partial charge on any atom is -0.382 e. The molecule has 0 heterocycles. The third kappa shape index (κ3) is 9.28. The Morgan fingerprint density at radius 3 is 1.70 bits per heavy atom. The van der Waals surface area contributed by atoms with Crippen LogP contribution in [0.15, 0.2) is 54.6 Å². The molecule has 0 saturated heterocycles. The van der Waals surface area contributed by atoms with Gasteiger partial charge in [-0.3, -0.25) is 0 Å². The average Bonchev–Trinajstić information content (AvgIpc) is 2.93. The molecule has 6 nitrogen and oxygen atoms in total. The van der Waals surface area contributed by atoms with Crippen LogP contribution in [0.3, 0.4) is 0 Å². The molecule has 0 amide bonds. The summed E-state index contributed by atoms with van der Waals surface area (Å²) in [6.45, 7) is 14.9. The van der Waals surface area contributed by atoms with E-state index < -0.39 is 0 Å². The molecule has 0 spiro atoms. The Bertz CT molecular complexity index is 1270. The Hall–Kier alpha value is -2.48. The van der Waals surface area contributed by atoms with E-state index in [1.807, 2.05) is 0 Å². The molecule has 1 N–H and O–H groups in total. The van der Waals surface area contributed by atoms with Crippen molar-refractivity contribution in [1.82, 2.24) is 0 Å². The first kappa shape index (κ1) is 30.5. The predicted molar refractivity (Wildman–Crippen MR) is 166 cm³/mol. The lowest BCUT2D eigenvalue weighted by molar-refractivity contribution is -0.0170. The molecule has 218 valence electrons. The van der Waals surface area contributed by atoms with Gasteiger partial charge in [0.05, 0.1) is 59.5 Å². The summed E-state index contributed by atoms with van der Waals surface area (Å²) in [6, 6.07) is 20.3. The SMILES string of the molecule is CC(CCCOCCOCCOCCOCCOCC(C)(C)C)Nc1ccc2ccc3cccc4ccc1c2c34. The number of ether oxygens (including phenoxy) is 5. The highest BCUT2D eigenvalue weighted by atomic mass is 16.6.